The highest BCUT2D eigenvalue weighted by molar-refractivity contribution is 4.97. The van der Waals surface area contributed by atoms with Crippen molar-refractivity contribution in [1.29, 1.82) is 0 Å². The lowest BCUT2D eigenvalue weighted by Gasteiger charge is -2.32. The van der Waals surface area contributed by atoms with Gasteiger partial charge in [0.2, 0.25) is 0 Å². The fraction of sp³-hybridized carbons (Fsp3) is 0.824. The molecule has 4 rings (SSSR count). The first-order valence-corrected chi connectivity index (χ1v) is 8.62. The number of fused-ring (bicyclic) bond motifs is 1. The van der Waals surface area contributed by atoms with E-state index in [0.29, 0.717) is 0 Å². The lowest BCUT2D eigenvalue weighted by molar-refractivity contribution is 0.242. The van der Waals surface area contributed by atoms with Gasteiger partial charge < -0.3 is 9.88 Å². The maximum atomic E-state index is 4.42. The molecule has 2 saturated carbocycles. The van der Waals surface area contributed by atoms with Gasteiger partial charge in [-0.15, -0.1) is 0 Å². The molecule has 0 saturated heterocycles. The van der Waals surface area contributed by atoms with Crippen LogP contribution in [0.15, 0.2) is 12.4 Å². The average Bonchev–Trinajstić information content (AvgIpc) is 3.24. The van der Waals surface area contributed by atoms with Crippen molar-refractivity contribution in [3.8, 4) is 0 Å². The van der Waals surface area contributed by atoms with Gasteiger partial charge in [-0.3, -0.25) is 0 Å². The van der Waals surface area contributed by atoms with Crippen molar-refractivity contribution in [3.63, 3.8) is 0 Å². The molecule has 3 unspecified atom stereocenters. The summed E-state index contributed by atoms with van der Waals surface area (Å²) in [5.41, 5.74) is 0. The maximum Gasteiger partial charge on any atom is 0.108 e. The average molecular weight is 273 g/mol. The minimum atomic E-state index is 0.804. The summed E-state index contributed by atoms with van der Waals surface area (Å²) in [7, 11) is 0. The zero-order valence-electron chi connectivity index (χ0n) is 12.4. The summed E-state index contributed by atoms with van der Waals surface area (Å²) >= 11 is 0. The van der Waals surface area contributed by atoms with Crippen LogP contribution in [0.5, 0.6) is 0 Å². The Morgan fingerprint density at radius 2 is 2.10 bits per heavy atom. The van der Waals surface area contributed by atoms with E-state index in [0.717, 1.165) is 30.2 Å². The molecule has 1 aliphatic heterocycles. The standard InChI is InChI=1S/C17H27N3/c1-2-15(14-5-6-14)10-16(3-1)19-11-13-4-7-17-18-8-9-20(17)12-13/h8-9,13-16,19H,1-7,10-12H2. The third-order valence-corrected chi connectivity index (χ3v) is 5.73. The van der Waals surface area contributed by atoms with Crippen molar-refractivity contribution in [2.75, 3.05) is 6.54 Å². The predicted molar refractivity (Wildman–Crippen MR) is 80.5 cm³/mol. The first-order chi connectivity index (χ1) is 9.88. The highest BCUT2D eigenvalue weighted by atomic mass is 15.1. The van der Waals surface area contributed by atoms with Gasteiger partial charge in [-0.2, -0.15) is 0 Å². The van der Waals surface area contributed by atoms with Crippen LogP contribution >= 0.6 is 0 Å². The summed E-state index contributed by atoms with van der Waals surface area (Å²) in [4.78, 5) is 4.42. The highest BCUT2D eigenvalue weighted by Gasteiger charge is 2.34. The van der Waals surface area contributed by atoms with Crippen LogP contribution in [0.3, 0.4) is 0 Å². The number of nitrogens with zero attached hydrogens (tertiary/aromatic N) is 2. The summed E-state index contributed by atoms with van der Waals surface area (Å²) in [6.07, 6.45) is 15.4. The summed E-state index contributed by atoms with van der Waals surface area (Å²) in [5.74, 6) is 4.24. The monoisotopic (exact) mass is 273 g/mol. The molecule has 3 nitrogen and oxygen atoms in total. The van der Waals surface area contributed by atoms with Gasteiger partial charge in [0.1, 0.15) is 5.82 Å². The number of rotatable bonds is 4. The second kappa shape index (κ2) is 5.51. The zero-order valence-corrected chi connectivity index (χ0v) is 12.4. The zero-order chi connectivity index (χ0) is 13.4. The van der Waals surface area contributed by atoms with E-state index in [9.17, 15) is 0 Å². The quantitative estimate of drug-likeness (QED) is 0.914. The molecule has 1 N–H and O–H groups in total. The van der Waals surface area contributed by atoms with Crippen LogP contribution < -0.4 is 5.32 Å². The first-order valence-electron chi connectivity index (χ1n) is 8.62. The molecule has 1 aromatic rings. The molecule has 2 heterocycles. The second-order valence-corrected chi connectivity index (χ2v) is 7.27. The molecule has 0 aromatic carbocycles. The van der Waals surface area contributed by atoms with Gasteiger partial charge in [0.25, 0.3) is 0 Å². The number of aromatic nitrogens is 2. The normalized spacial score (nSPS) is 33.9. The third-order valence-electron chi connectivity index (χ3n) is 5.73. The fourth-order valence-electron chi connectivity index (χ4n) is 4.35. The highest BCUT2D eigenvalue weighted by Crippen LogP contribution is 2.43. The third kappa shape index (κ3) is 2.78. The largest absolute Gasteiger partial charge is 0.335 e. The number of aryl methyl sites for hydroxylation is 1. The maximum absolute atomic E-state index is 4.42. The second-order valence-electron chi connectivity index (χ2n) is 7.27. The minimum absolute atomic E-state index is 0.804. The Balaban J connectivity index is 1.26. The molecule has 0 amide bonds. The van der Waals surface area contributed by atoms with Crippen molar-refractivity contribution in [2.45, 2.75) is 64.0 Å². The summed E-state index contributed by atoms with van der Waals surface area (Å²) in [6, 6.07) is 0.804. The van der Waals surface area contributed by atoms with Crippen molar-refractivity contribution in [3.05, 3.63) is 18.2 Å². The molecule has 3 aliphatic rings. The van der Waals surface area contributed by atoms with Gasteiger partial charge >= 0.3 is 0 Å². The molecular weight excluding hydrogens is 246 g/mol. The van der Waals surface area contributed by atoms with E-state index in [4.69, 9.17) is 0 Å². The molecule has 3 heteroatoms. The summed E-state index contributed by atoms with van der Waals surface area (Å²) < 4.78 is 2.35. The number of hydrogen-bond acceptors (Lipinski definition) is 2. The van der Waals surface area contributed by atoms with Crippen molar-refractivity contribution >= 4 is 0 Å². The van der Waals surface area contributed by atoms with E-state index in [2.05, 4.69) is 21.1 Å². The fourth-order valence-corrected chi connectivity index (χ4v) is 4.35. The van der Waals surface area contributed by atoms with E-state index in [-0.39, 0.29) is 0 Å². The van der Waals surface area contributed by atoms with E-state index in [1.807, 2.05) is 6.20 Å². The van der Waals surface area contributed by atoms with E-state index >= 15 is 0 Å². The lowest BCUT2D eigenvalue weighted by atomic mass is 9.82. The molecule has 2 fully saturated rings. The molecule has 110 valence electrons. The summed E-state index contributed by atoms with van der Waals surface area (Å²) in [6.45, 7) is 2.38. The van der Waals surface area contributed by atoms with Gasteiger partial charge in [-0.05, 0) is 56.4 Å². The number of imidazole rings is 1. The molecule has 0 spiro atoms. The van der Waals surface area contributed by atoms with Crippen molar-refractivity contribution < 1.29 is 0 Å². The van der Waals surface area contributed by atoms with Crippen LogP contribution in [0.25, 0.3) is 0 Å². The van der Waals surface area contributed by atoms with Crippen LogP contribution in [0.2, 0.25) is 0 Å². The topological polar surface area (TPSA) is 29.9 Å². The Morgan fingerprint density at radius 1 is 1.15 bits per heavy atom. The van der Waals surface area contributed by atoms with Crippen LogP contribution in [-0.4, -0.2) is 22.1 Å². The molecule has 1 aromatic heterocycles. The lowest BCUT2D eigenvalue weighted by Crippen LogP contribution is -2.39. The first kappa shape index (κ1) is 12.9. The van der Waals surface area contributed by atoms with Gasteiger partial charge in [-0.1, -0.05) is 12.8 Å². The number of hydrogen-bond donors (Lipinski definition) is 1. The predicted octanol–water partition coefficient (Wildman–Crippen LogP) is 3.00. The van der Waals surface area contributed by atoms with Crippen LogP contribution in [0.1, 0.15) is 50.8 Å². The van der Waals surface area contributed by atoms with Crippen LogP contribution in [0, 0.1) is 17.8 Å². The Bertz CT molecular complexity index is 449. The van der Waals surface area contributed by atoms with Crippen molar-refractivity contribution in [1.82, 2.24) is 14.9 Å². The molecule has 20 heavy (non-hydrogen) atoms. The van der Waals surface area contributed by atoms with E-state index in [1.165, 1.54) is 63.9 Å². The van der Waals surface area contributed by atoms with Crippen LogP contribution in [-0.2, 0) is 13.0 Å². The van der Waals surface area contributed by atoms with Gasteiger partial charge in [0, 0.05) is 31.4 Å². The molecule has 3 atom stereocenters. The van der Waals surface area contributed by atoms with Gasteiger partial charge in [0.05, 0.1) is 0 Å². The Morgan fingerprint density at radius 3 is 3.00 bits per heavy atom. The van der Waals surface area contributed by atoms with Crippen LogP contribution in [0.4, 0.5) is 0 Å². The Labute approximate surface area is 122 Å². The molecular formula is C17H27N3. The van der Waals surface area contributed by atoms with Gasteiger partial charge in [0.15, 0.2) is 0 Å². The SMILES string of the molecule is c1cn2c(n1)CCC(CNC1CCCC(C3CC3)C1)C2. The Hall–Kier alpha value is -0.830. The summed E-state index contributed by atoms with van der Waals surface area (Å²) in [5, 5.41) is 3.89. The van der Waals surface area contributed by atoms with E-state index < -0.39 is 0 Å². The minimum Gasteiger partial charge on any atom is -0.335 e. The smallest absolute Gasteiger partial charge is 0.108 e. The molecule has 0 bridgehead atoms. The number of nitrogens with one attached hydrogen (secondary N) is 1. The Kier molecular flexibility index (Phi) is 3.55. The van der Waals surface area contributed by atoms with E-state index in [1.54, 1.807) is 0 Å². The van der Waals surface area contributed by atoms with Crippen molar-refractivity contribution in [2.24, 2.45) is 17.8 Å². The molecule has 0 radical (unpaired) electrons. The molecule has 2 aliphatic carbocycles. The van der Waals surface area contributed by atoms with Gasteiger partial charge in [-0.25, -0.2) is 4.98 Å².